The summed E-state index contributed by atoms with van der Waals surface area (Å²) in [7, 11) is 0. The van der Waals surface area contributed by atoms with Gasteiger partial charge in [0.05, 0.1) is 45.1 Å². The van der Waals surface area contributed by atoms with Gasteiger partial charge in [0.1, 0.15) is 33.8 Å². The van der Waals surface area contributed by atoms with Crippen LogP contribution in [0.25, 0.3) is 22.3 Å². The van der Waals surface area contributed by atoms with E-state index in [1.165, 1.54) is 77.0 Å². The number of rotatable bonds is 38. The van der Waals surface area contributed by atoms with Gasteiger partial charge in [-0.3, -0.25) is 9.59 Å². The first-order valence-electron chi connectivity index (χ1n) is 27.2. The fourth-order valence-corrected chi connectivity index (χ4v) is 8.88. The predicted octanol–water partition coefficient (Wildman–Crippen LogP) is 15.9. The third-order valence-electron chi connectivity index (χ3n) is 13.8. The molecule has 0 aromatic heterocycles. The summed E-state index contributed by atoms with van der Waals surface area (Å²) in [5.41, 5.74) is 4.27. The van der Waals surface area contributed by atoms with Crippen molar-refractivity contribution in [2.45, 2.75) is 154 Å². The minimum Gasteiger partial charge on any atom is -0.494 e. The van der Waals surface area contributed by atoms with Crippen molar-refractivity contribution in [2.75, 3.05) is 52.9 Å². The zero-order valence-electron chi connectivity index (χ0n) is 43.9. The van der Waals surface area contributed by atoms with Gasteiger partial charge in [0.15, 0.2) is 0 Å². The number of hydrogen-bond donors (Lipinski definition) is 0. The summed E-state index contributed by atoms with van der Waals surface area (Å²) < 4.78 is 40.8. The van der Waals surface area contributed by atoms with E-state index in [1.54, 1.807) is 24.3 Å². The fourth-order valence-electron chi connectivity index (χ4n) is 8.43. The number of halogens is 2. The van der Waals surface area contributed by atoms with E-state index in [-0.39, 0.29) is 17.3 Å². The Bertz CT molecular complexity index is 1930. The molecule has 1 saturated heterocycles. The maximum absolute atomic E-state index is 12.3. The topological polar surface area (TPSA) is 98.8 Å². The molecule has 5 rings (SSSR count). The Kier molecular flexibility index (Phi) is 27.5. The van der Waals surface area contributed by atoms with E-state index in [4.69, 9.17) is 56.4 Å². The second kappa shape index (κ2) is 33.6. The molecule has 4 aromatic carbocycles. The predicted molar refractivity (Wildman–Crippen MR) is 293 cm³/mol. The van der Waals surface area contributed by atoms with E-state index in [0.29, 0.717) is 11.5 Å². The summed E-state index contributed by atoms with van der Waals surface area (Å²) >= 11 is 12.5. The first kappa shape index (κ1) is 58.8. The monoisotopic (exact) mass is 1030 g/mol. The van der Waals surface area contributed by atoms with Gasteiger partial charge in [-0.05, 0) is 108 Å². The molecule has 1 aliphatic heterocycles. The lowest BCUT2D eigenvalue weighted by molar-refractivity contribution is -0.178. The van der Waals surface area contributed by atoms with Gasteiger partial charge in [-0.1, -0.05) is 166 Å². The highest BCUT2D eigenvalue weighted by Gasteiger charge is 2.39. The number of carbonyl (C=O) groups is 2. The van der Waals surface area contributed by atoms with E-state index in [1.807, 2.05) is 76.2 Å². The Morgan fingerprint density at radius 1 is 0.444 bits per heavy atom. The molecule has 1 aliphatic rings. The summed E-state index contributed by atoms with van der Waals surface area (Å²) in [5, 5.41) is -1.30. The van der Waals surface area contributed by atoms with Crippen LogP contribution in [0.3, 0.4) is 0 Å². The maximum Gasteiger partial charge on any atom is 0.329 e. The van der Waals surface area contributed by atoms with Gasteiger partial charge < -0.3 is 33.2 Å². The van der Waals surface area contributed by atoms with Crippen LogP contribution in [0.15, 0.2) is 97.1 Å². The van der Waals surface area contributed by atoms with Gasteiger partial charge in [0, 0.05) is 13.2 Å². The van der Waals surface area contributed by atoms with Gasteiger partial charge in [-0.2, -0.15) is 0 Å². The second-order valence-electron chi connectivity index (χ2n) is 20.0. The van der Waals surface area contributed by atoms with Crippen LogP contribution in [0.2, 0.25) is 0 Å². The molecule has 11 heteroatoms. The zero-order chi connectivity index (χ0) is 51.2. The van der Waals surface area contributed by atoms with Crippen LogP contribution < -0.4 is 18.9 Å². The summed E-state index contributed by atoms with van der Waals surface area (Å²) in [6.45, 7) is 13.9. The number of esters is 2. The third kappa shape index (κ3) is 21.4. The largest absolute Gasteiger partial charge is 0.494 e. The standard InChI is InChI=1S/C61H84Cl2O9/c1-5-47(3)57(62)59(64)71-55-35-27-51(28-36-55)49-23-31-53(32-24-49)69-41-21-17-13-9-7-11-15-19-39-66-43-61(45-68-46-61)44-67-40-20-16-12-8-10-14-18-22-42-70-54-33-25-50(26-34-54)52-29-37-56(38-30-52)72-60(65)58(63)48(4)6-2/h23-38,47-48,57-58H,5-22,39-46H2,1-4H3/t47-,48-,57-,58-/m0/s1. The smallest absolute Gasteiger partial charge is 0.329 e. The van der Waals surface area contributed by atoms with Crippen LogP contribution in [0.1, 0.15) is 143 Å². The first-order chi connectivity index (χ1) is 35.1. The minimum absolute atomic E-state index is 0.0335. The number of hydrogen-bond acceptors (Lipinski definition) is 9. The number of carbonyl (C=O) groups excluding carboxylic acids is 2. The van der Waals surface area contributed by atoms with Gasteiger partial charge in [-0.25, -0.2) is 0 Å². The Morgan fingerprint density at radius 2 is 0.722 bits per heavy atom. The quantitative estimate of drug-likeness (QED) is 0.0188. The Hall–Kier alpha value is -4.12. The van der Waals surface area contributed by atoms with E-state index in [0.717, 1.165) is 125 Å². The SMILES string of the molecule is CC[C@H](C)[C@H](Cl)C(=O)Oc1ccc(-c2ccc(OCCCCCCCCCCOCC3(COCCCCCCCCCCOc4ccc(-c5ccc(OC(=O)[C@@H](Cl)[C@@H](C)CC)cc5)cc4)COC3)cc2)cc1. The van der Waals surface area contributed by atoms with Crippen molar-refractivity contribution in [3.05, 3.63) is 97.1 Å². The number of alkyl halides is 2. The minimum atomic E-state index is -0.649. The molecule has 1 fully saturated rings. The van der Waals surface area contributed by atoms with Crippen LogP contribution in [-0.4, -0.2) is 75.5 Å². The molecule has 0 bridgehead atoms. The van der Waals surface area contributed by atoms with Gasteiger partial charge in [0.25, 0.3) is 0 Å². The van der Waals surface area contributed by atoms with Crippen molar-refractivity contribution < 1.29 is 42.7 Å². The van der Waals surface area contributed by atoms with Gasteiger partial charge in [0.2, 0.25) is 0 Å². The molecule has 0 spiro atoms. The summed E-state index contributed by atoms with van der Waals surface area (Å²) in [6.07, 6.45) is 20.8. The molecule has 0 amide bonds. The van der Waals surface area contributed by atoms with Crippen molar-refractivity contribution in [3.8, 4) is 45.3 Å². The summed E-state index contributed by atoms with van der Waals surface area (Å²) in [5.74, 6) is 2.07. The maximum atomic E-state index is 12.3. The van der Waals surface area contributed by atoms with Crippen molar-refractivity contribution in [1.82, 2.24) is 0 Å². The highest BCUT2D eigenvalue weighted by molar-refractivity contribution is 6.30. The molecule has 72 heavy (non-hydrogen) atoms. The fraction of sp³-hybridized carbons (Fsp3) is 0.574. The molecule has 4 aromatic rings. The summed E-state index contributed by atoms with van der Waals surface area (Å²) in [6, 6.07) is 31.3. The van der Waals surface area contributed by atoms with Crippen molar-refractivity contribution in [3.63, 3.8) is 0 Å². The lowest BCUT2D eigenvalue weighted by Crippen LogP contribution is -2.49. The van der Waals surface area contributed by atoms with Crippen molar-refractivity contribution in [2.24, 2.45) is 17.3 Å². The third-order valence-corrected chi connectivity index (χ3v) is 15.0. The molecule has 0 aliphatic carbocycles. The molecule has 4 atom stereocenters. The van der Waals surface area contributed by atoms with Crippen LogP contribution in [0.5, 0.6) is 23.0 Å². The van der Waals surface area contributed by atoms with Crippen molar-refractivity contribution in [1.29, 1.82) is 0 Å². The van der Waals surface area contributed by atoms with Gasteiger partial charge >= 0.3 is 11.9 Å². The normalized spacial score (nSPS) is 14.7. The molecule has 0 N–H and O–H groups in total. The Balaban J connectivity index is 0.769. The highest BCUT2D eigenvalue weighted by atomic mass is 35.5. The molecular weight excluding hydrogens is 948 g/mol. The van der Waals surface area contributed by atoms with Crippen LogP contribution in [0.4, 0.5) is 0 Å². The molecule has 0 saturated carbocycles. The molecule has 1 heterocycles. The first-order valence-corrected chi connectivity index (χ1v) is 28.1. The van der Waals surface area contributed by atoms with Gasteiger partial charge in [-0.15, -0.1) is 23.2 Å². The number of unbranched alkanes of at least 4 members (excludes halogenated alkanes) is 14. The van der Waals surface area contributed by atoms with Crippen LogP contribution >= 0.6 is 23.2 Å². The Morgan fingerprint density at radius 3 is 1.00 bits per heavy atom. The average Bonchev–Trinajstić information content (AvgIpc) is 3.40. The lowest BCUT2D eigenvalue weighted by Gasteiger charge is -2.40. The zero-order valence-corrected chi connectivity index (χ0v) is 45.4. The molecule has 0 radical (unpaired) electrons. The molecule has 9 nitrogen and oxygen atoms in total. The Labute approximate surface area is 442 Å². The van der Waals surface area contributed by atoms with E-state index < -0.39 is 22.7 Å². The molecular formula is C61H84Cl2O9. The number of ether oxygens (including phenoxy) is 7. The number of benzene rings is 4. The highest BCUT2D eigenvalue weighted by Crippen LogP contribution is 2.30. The van der Waals surface area contributed by atoms with Crippen LogP contribution in [-0.2, 0) is 23.8 Å². The lowest BCUT2D eigenvalue weighted by atomic mass is 9.88. The van der Waals surface area contributed by atoms with Crippen molar-refractivity contribution >= 4 is 35.1 Å². The molecule has 0 unspecified atom stereocenters. The van der Waals surface area contributed by atoms with E-state index >= 15 is 0 Å². The average molecular weight is 1030 g/mol. The second-order valence-corrected chi connectivity index (χ2v) is 20.9. The van der Waals surface area contributed by atoms with E-state index in [2.05, 4.69) is 24.3 Å². The molecule has 396 valence electrons. The van der Waals surface area contributed by atoms with E-state index in [9.17, 15) is 9.59 Å². The van der Waals surface area contributed by atoms with Crippen LogP contribution in [0, 0.1) is 17.3 Å². The summed E-state index contributed by atoms with van der Waals surface area (Å²) in [4.78, 5) is 24.6.